The molecule has 0 aliphatic carbocycles. The number of anilines is 1. The lowest BCUT2D eigenvalue weighted by atomic mass is 10.0. The predicted molar refractivity (Wildman–Crippen MR) is 83.0 cm³/mol. The van der Waals surface area contributed by atoms with Crippen LogP contribution in [0.2, 0.25) is 0 Å². The van der Waals surface area contributed by atoms with Gasteiger partial charge in [-0.05, 0) is 32.5 Å². The van der Waals surface area contributed by atoms with Gasteiger partial charge in [0.1, 0.15) is 0 Å². The lowest BCUT2D eigenvalue weighted by molar-refractivity contribution is 0.0925. The molecule has 1 aromatic heterocycles. The molecule has 112 valence electrons. The first-order chi connectivity index (χ1) is 9.43. The minimum atomic E-state index is -0.0741. The van der Waals surface area contributed by atoms with Crippen molar-refractivity contribution in [2.45, 2.75) is 26.3 Å². The molecule has 1 heterocycles. The second-order valence-electron chi connectivity index (χ2n) is 5.73. The largest absolute Gasteiger partial charge is 0.387 e. The predicted octanol–water partition coefficient (Wildman–Crippen LogP) is 1.83. The van der Waals surface area contributed by atoms with Gasteiger partial charge < -0.3 is 15.5 Å². The molecule has 5 heteroatoms. The van der Waals surface area contributed by atoms with Crippen LogP contribution in [0.5, 0.6) is 0 Å². The van der Waals surface area contributed by atoms with E-state index in [1.165, 1.54) is 0 Å². The van der Waals surface area contributed by atoms with Crippen molar-refractivity contribution < 1.29 is 4.79 Å². The van der Waals surface area contributed by atoms with Gasteiger partial charge in [-0.1, -0.05) is 13.8 Å². The Morgan fingerprint density at radius 3 is 2.65 bits per heavy atom. The average Bonchev–Trinajstić information content (AvgIpc) is 2.36. The van der Waals surface area contributed by atoms with E-state index in [-0.39, 0.29) is 11.9 Å². The number of rotatable bonds is 7. The van der Waals surface area contributed by atoms with Crippen molar-refractivity contribution in [2.24, 2.45) is 5.92 Å². The molecule has 0 spiro atoms. The molecule has 2 N–H and O–H groups in total. The highest BCUT2D eigenvalue weighted by atomic mass is 16.1. The van der Waals surface area contributed by atoms with E-state index in [0.29, 0.717) is 11.5 Å². The minimum Gasteiger partial charge on any atom is -0.387 e. The summed E-state index contributed by atoms with van der Waals surface area (Å²) in [5, 5.41) is 6.13. The van der Waals surface area contributed by atoms with Crippen LogP contribution >= 0.6 is 0 Å². The van der Waals surface area contributed by atoms with Gasteiger partial charge in [0, 0.05) is 37.7 Å². The first-order valence-corrected chi connectivity index (χ1v) is 7.01. The average molecular weight is 278 g/mol. The fourth-order valence-electron chi connectivity index (χ4n) is 2.25. The van der Waals surface area contributed by atoms with Gasteiger partial charge in [-0.25, -0.2) is 0 Å². The van der Waals surface area contributed by atoms with E-state index in [4.69, 9.17) is 0 Å². The summed E-state index contributed by atoms with van der Waals surface area (Å²) in [6.45, 7) is 5.16. The summed E-state index contributed by atoms with van der Waals surface area (Å²) < 4.78 is 0. The fourth-order valence-corrected chi connectivity index (χ4v) is 2.25. The van der Waals surface area contributed by atoms with Gasteiger partial charge in [-0.2, -0.15) is 0 Å². The molecule has 0 fully saturated rings. The van der Waals surface area contributed by atoms with Crippen LogP contribution in [0.25, 0.3) is 0 Å². The van der Waals surface area contributed by atoms with Crippen LogP contribution in [-0.2, 0) is 0 Å². The fraction of sp³-hybridized carbons (Fsp3) is 0.600. The third-order valence-corrected chi connectivity index (χ3v) is 3.01. The van der Waals surface area contributed by atoms with Gasteiger partial charge in [-0.3, -0.25) is 9.78 Å². The maximum atomic E-state index is 12.4. The van der Waals surface area contributed by atoms with Crippen molar-refractivity contribution >= 4 is 11.6 Å². The van der Waals surface area contributed by atoms with Crippen molar-refractivity contribution in [2.75, 3.05) is 33.0 Å². The number of nitrogens with one attached hydrogen (secondary N) is 2. The van der Waals surface area contributed by atoms with Crippen molar-refractivity contribution in [3.63, 3.8) is 0 Å². The standard InChI is InChI=1S/C15H26N4O/c1-11(2)8-12(10-19(4)5)18-15(20)13-9-17-7-6-14(13)16-3/h6-7,9,11-12H,8,10H2,1-5H3,(H,16,17)(H,18,20). The number of hydrogen-bond donors (Lipinski definition) is 2. The highest BCUT2D eigenvalue weighted by Crippen LogP contribution is 2.13. The van der Waals surface area contributed by atoms with Crippen LogP contribution in [0.4, 0.5) is 5.69 Å². The summed E-state index contributed by atoms with van der Waals surface area (Å²) in [7, 11) is 5.84. The van der Waals surface area contributed by atoms with E-state index < -0.39 is 0 Å². The zero-order valence-corrected chi connectivity index (χ0v) is 13.1. The number of hydrogen-bond acceptors (Lipinski definition) is 4. The zero-order valence-electron chi connectivity index (χ0n) is 13.1. The van der Waals surface area contributed by atoms with Crippen LogP contribution < -0.4 is 10.6 Å². The van der Waals surface area contributed by atoms with Gasteiger partial charge >= 0.3 is 0 Å². The molecule has 0 bridgehead atoms. The van der Waals surface area contributed by atoms with E-state index in [0.717, 1.165) is 18.7 Å². The Morgan fingerprint density at radius 1 is 1.40 bits per heavy atom. The molecular formula is C15H26N4O. The van der Waals surface area contributed by atoms with E-state index in [1.807, 2.05) is 14.1 Å². The van der Waals surface area contributed by atoms with Gasteiger partial charge in [0.25, 0.3) is 5.91 Å². The first kappa shape index (κ1) is 16.4. The van der Waals surface area contributed by atoms with E-state index in [2.05, 4.69) is 34.4 Å². The number of aromatic nitrogens is 1. The van der Waals surface area contributed by atoms with Crippen molar-refractivity contribution in [3.8, 4) is 0 Å². The summed E-state index contributed by atoms with van der Waals surface area (Å²) in [5.41, 5.74) is 1.38. The normalized spacial score (nSPS) is 12.6. The Hall–Kier alpha value is -1.62. The Balaban J connectivity index is 2.79. The Labute approximate surface area is 121 Å². The quantitative estimate of drug-likeness (QED) is 0.799. The lowest BCUT2D eigenvalue weighted by Crippen LogP contribution is -2.42. The summed E-state index contributed by atoms with van der Waals surface area (Å²) in [6.07, 6.45) is 4.23. The molecule has 1 amide bonds. The zero-order chi connectivity index (χ0) is 15.1. The lowest BCUT2D eigenvalue weighted by Gasteiger charge is -2.24. The number of likely N-dealkylation sites (N-methyl/N-ethyl adjacent to an activating group) is 1. The van der Waals surface area contributed by atoms with Crippen molar-refractivity contribution in [1.29, 1.82) is 0 Å². The highest BCUT2D eigenvalue weighted by Gasteiger charge is 2.18. The number of nitrogens with zero attached hydrogens (tertiary/aromatic N) is 2. The second kappa shape index (κ2) is 7.85. The summed E-state index contributed by atoms with van der Waals surface area (Å²) in [4.78, 5) is 18.5. The third kappa shape index (κ3) is 5.17. The minimum absolute atomic E-state index is 0.0741. The van der Waals surface area contributed by atoms with Gasteiger partial charge in [0.05, 0.1) is 5.56 Å². The molecule has 0 aromatic carbocycles. The summed E-state index contributed by atoms with van der Waals surface area (Å²) in [5.74, 6) is 0.466. The molecule has 1 aromatic rings. The van der Waals surface area contributed by atoms with E-state index in [1.54, 1.807) is 25.5 Å². The molecule has 1 atom stereocenters. The smallest absolute Gasteiger partial charge is 0.255 e. The number of amides is 1. The summed E-state index contributed by atoms with van der Waals surface area (Å²) in [6, 6.07) is 1.95. The van der Waals surface area contributed by atoms with Gasteiger partial charge in [-0.15, -0.1) is 0 Å². The molecule has 0 aliphatic rings. The van der Waals surface area contributed by atoms with Crippen LogP contribution in [0, 0.1) is 5.92 Å². The molecule has 1 rings (SSSR count). The third-order valence-electron chi connectivity index (χ3n) is 3.01. The molecule has 0 saturated heterocycles. The van der Waals surface area contributed by atoms with E-state index in [9.17, 15) is 4.79 Å². The highest BCUT2D eigenvalue weighted by molar-refractivity contribution is 5.99. The molecule has 20 heavy (non-hydrogen) atoms. The Kier molecular flexibility index (Phi) is 6.45. The van der Waals surface area contributed by atoms with E-state index >= 15 is 0 Å². The van der Waals surface area contributed by atoms with Crippen LogP contribution in [0.15, 0.2) is 18.5 Å². The van der Waals surface area contributed by atoms with Crippen LogP contribution in [0.3, 0.4) is 0 Å². The molecule has 5 nitrogen and oxygen atoms in total. The Bertz CT molecular complexity index is 422. The molecule has 0 radical (unpaired) electrons. The number of carbonyl (C=O) groups is 1. The number of pyridine rings is 1. The van der Waals surface area contributed by atoms with Crippen molar-refractivity contribution in [1.82, 2.24) is 15.2 Å². The van der Waals surface area contributed by atoms with Crippen LogP contribution in [0.1, 0.15) is 30.6 Å². The van der Waals surface area contributed by atoms with Gasteiger partial charge in [0.2, 0.25) is 0 Å². The molecule has 0 aliphatic heterocycles. The van der Waals surface area contributed by atoms with Gasteiger partial charge in [0.15, 0.2) is 0 Å². The maximum absolute atomic E-state index is 12.4. The topological polar surface area (TPSA) is 57.3 Å². The van der Waals surface area contributed by atoms with Crippen LogP contribution in [-0.4, -0.2) is 49.5 Å². The molecule has 0 saturated carbocycles. The van der Waals surface area contributed by atoms with Crippen molar-refractivity contribution in [3.05, 3.63) is 24.0 Å². The summed E-state index contributed by atoms with van der Waals surface area (Å²) >= 11 is 0. The Morgan fingerprint density at radius 2 is 2.10 bits per heavy atom. The first-order valence-electron chi connectivity index (χ1n) is 7.01. The molecular weight excluding hydrogens is 252 g/mol. The maximum Gasteiger partial charge on any atom is 0.255 e. The monoisotopic (exact) mass is 278 g/mol. The number of carbonyl (C=O) groups excluding carboxylic acids is 1. The SMILES string of the molecule is CNc1ccncc1C(=O)NC(CC(C)C)CN(C)C. The second-order valence-corrected chi connectivity index (χ2v) is 5.73. The molecule has 1 unspecified atom stereocenters.